The summed E-state index contributed by atoms with van der Waals surface area (Å²) >= 11 is 0. The second-order valence-electron chi connectivity index (χ2n) is 4.60. The van der Waals surface area contributed by atoms with Gasteiger partial charge in [0, 0.05) is 6.04 Å². The minimum Gasteiger partial charge on any atom is -0.489 e. The van der Waals surface area contributed by atoms with Crippen molar-refractivity contribution in [3.8, 4) is 5.75 Å². The van der Waals surface area contributed by atoms with Crippen LogP contribution in [0.25, 0.3) is 0 Å². The minimum atomic E-state index is -0.218. The van der Waals surface area contributed by atoms with E-state index in [-0.39, 0.29) is 11.9 Å². The summed E-state index contributed by atoms with van der Waals surface area (Å²) in [6, 6.07) is 6.73. The average molecular weight is 237 g/mol. The van der Waals surface area contributed by atoms with E-state index in [9.17, 15) is 4.39 Å². The first kappa shape index (κ1) is 12.4. The molecule has 17 heavy (non-hydrogen) atoms. The Labute approximate surface area is 102 Å². The van der Waals surface area contributed by atoms with Crippen molar-refractivity contribution < 1.29 is 9.13 Å². The third-order valence-electron chi connectivity index (χ3n) is 3.21. The maximum absolute atomic E-state index is 12.8. The van der Waals surface area contributed by atoms with Crippen LogP contribution in [0.3, 0.4) is 0 Å². The largest absolute Gasteiger partial charge is 0.489 e. The van der Waals surface area contributed by atoms with Gasteiger partial charge in [0.2, 0.25) is 0 Å². The highest BCUT2D eigenvalue weighted by Crippen LogP contribution is 2.24. The molecule has 0 saturated heterocycles. The molecule has 0 spiro atoms. The Balaban J connectivity index is 1.90. The number of ether oxygens (including phenoxy) is 1. The molecule has 2 nitrogen and oxygen atoms in total. The zero-order valence-electron chi connectivity index (χ0n) is 10.3. The molecule has 1 aliphatic carbocycles. The van der Waals surface area contributed by atoms with Crippen LogP contribution < -0.4 is 10.1 Å². The van der Waals surface area contributed by atoms with Crippen molar-refractivity contribution in [3.63, 3.8) is 0 Å². The predicted octanol–water partition coefficient (Wildman–Crippen LogP) is 3.13. The average Bonchev–Trinajstić information content (AvgIpc) is 2.77. The summed E-state index contributed by atoms with van der Waals surface area (Å²) in [5.41, 5.74) is 0. The number of rotatable bonds is 5. The molecule has 0 aliphatic heterocycles. The van der Waals surface area contributed by atoms with E-state index in [1.165, 1.54) is 25.0 Å². The van der Waals surface area contributed by atoms with Gasteiger partial charge in [-0.1, -0.05) is 6.92 Å². The highest BCUT2D eigenvalue weighted by molar-refractivity contribution is 5.22. The Morgan fingerprint density at radius 1 is 1.29 bits per heavy atom. The van der Waals surface area contributed by atoms with Gasteiger partial charge in [-0.2, -0.15) is 0 Å². The Bertz CT molecular complexity index is 339. The van der Waals surface area contributed by atoms with Crippen molar-refractivity contribution in [2.24, 2.45) is 0 Å². The van der Waals surface area contributed by atoms with E-state index in [0.717, 1.165) is 25.1 Å². The van der Waals surface area contributed by atoms with Crippen molar-refractivity contribution in [2.75, 3.05) is 6.54 Å². The second-order valence-corrected chi connectivity index (χ2v) is 4.60. The molecule has 2 atom stereocenters. The highest BCUT2D eigenvalue weighted by Gasteiger charge is 2.28. The zero-order chi connectivity index (χ0) is 12.1. The Kier molecular flexibility index (Phi) is 4.37. The molecular formula is C14H20FNO. The fraction of sp³-hybridized carbons (Fsp3) is 0.571. The zero-order valence-corrected chi connectivity index (χ0v) is 10.3. The van der Waals surface area contributed by atoms with Crippen LogP contribution in [-0.4, -0.2) is 18.7 Å². The Morgan fingerprint density at radius 2 is 2.06 bits per heavy atom. The maximum atomic E-state index is 12.8. The molecule has 1 aliphatic rings. The topological polar surface area (TPSA) is 21.3 Å². The van der Waals surface area contributed by atoms with Crippen LogP contribution in [0.5, 0.6) is 5.75 Å². The first-order chi connectivity index (χ1) is 8.29. The van der Waals surface area contributed by atoms with Gasteiger partial charge >= 0.3 is 0 Å². The smallest absolute Gasteiger partial charge is 0.123 e. The van der Waals surface area contributed by atoms with Gasteiger partial charge in [-0.15, -0.1) is 0 Å². The molecule has 2 rings (SSSR count). The molecule has 0 bridgehead atoms. The molecular weight excluding hydrogens is 217 g/mol. The molecule has 94 valence electrons. The molecule has 1 N–H and O–H groups in total. The molecule has 0 radical (unpaired) electrons. The van der Waals surface area contributed by atoms with Crippen molar-refractivity contribution in [2.45, 2.75) is 44.8 Å². The van der Waals surface area contributed by atoms with E-state index in [4.69, 9.17) is 4.74 Å². The van der Waals surface area contributed by atoms with Crippen LogP contribution in [-0.2, 0) is 0 Å². The van der Waals surface area contributed by atoms with Gasteiger partial charge < -0.3 is 10.1 Å². The third-order valence-corrected chi connectivity index (χ3v) is 3.21. The fourth-order valence-corrected chi connectivity index (χ4v) is 2.32. The van der Waals surface area contributed by atoms with E-state index in [2.05, 4.69) is 12.2 Å². The molecule has 1 fully saturated rings. The first-order valence-electron chi connectivity index (χ1n) is 6.45. The van der Waals surface area contributed by atoms with Gasteiger partial charge in [0.25, 0.3) is 0 Å². The molecule has 0 amide bonds. The lowest BCUT2D eigenvalue weighted by Crippen LogP contribution is -2.39. The molecule has 1 aromatic carbocycles. The number of nitrogens with one attached hydrogen (secondary N) is 1. The lowest BCUT2D eigenvalue weighted by Gasteiger charge is -2.22. The van der Waals surface area contributed by atoms with E-state index in [1.807, 2.05) is 0 Å². The molecule has 1 saturated carbocycles. The second kappa shape index (κ2) is 6.01. The lowest BCUT2D eigenvalue weighted by atomic mass is 10.2. The molecule has 2 unspecified atom stereocenters. The van der Waals surface area contributed by atoms with Crippen LogP contribution in [0.2, 0.25) is 0 Å². The van der Waals surface area contributed by atoms with Crippen LogP contribution in [0.1, 0.15) is 32.6 Å². The van der Waals surface area contributed by atoms with Crippen LogP contribution in [0.4, 0.5) is 4.39 Å². The molecule has 3 heteroatoms. The van der Waals surface area contributed by atoms with E-state index in [1.54, 1.807) is 12.1 Å². The van der Waals surface area contributed by atoms with Crippen LogP contribution in [0, 0.1) is 5.82 Å². The summed E-state index contributed by atoms with van der Waals surface area (Å²) in [6.07, 6.45) is 4.82. The van der Waals surface area contributed by atoms with E-state index >= 15 is 0 Å². The first-order valence-corrected chi connectivity index (χ1v) is 6.45. The summed E-state index contributed by atoms with van der Waals surface area (Å²) < 4.78 is 18.7. The van der Waals surface area contributed by atoms with Gasteiger partial charge in [-0.3, -0.25) is 0 Å². The predicted molar refractivity (Wildman–Crippen MR) is 66.7 cm³/mol. The number of hydrogen-bond acceptors (Lipinski definition) is 2. The number of hydrogen-bond donors (Lipinski definition) is 1. The summed E-state index contributed by atoms with van der Waals surface area (Å²) in [4.78, 5) is 0. The molecule has 0 heterocycles. The van der Waals surface area contributed by atoms with Crippen LogP contribution in [0.15, 0.2) is 24.3 Å². The quantitative estimate of drug-likeness (QED) is 0.849. The standard InChI is InChI=1S/C14H20FNO/c1-2-10-16-13-4-3-5-14(13)17-12-8-6-11(15)7-9-12/h6-9,13-14,16H,2-5,10H2,1H3. The monoisotopic (exact) mass is 237 g/mol. The summed E-state index contributed by atoms with van der Waals surface area (Å²) in [6.45, 7) is 3.20. The number of benzene rings is 1. The van der Waals surface area contributed by atoms with E-state index < -0.39 is 0 Å². The van der Waals surface area contributed by atoms with Gasteiger partial charge in [-0.05, 0) is 56.5 Å². The Morgan fingerprint density at radius 3 is 2.76 bits per heavy atom. The number of halogens is 1. The maximum Gasteiger partial charge on any atom is 0.123 e. The highest BCUT2D eigenvalue weighted by atomic mass is 19.1. The molecule has 0 aromatic heterocycles. The van der Waals surface area contributed by atoms with Crippen molar-refractivity contribution in [1.29, 1.82) is 0 Å². The van der Waals surface area contributed by atoms with Crippen LogP contribution >= 0.6 is 0 Å². The van der Waals surface area contributed by atoms with Gasteiger partial charge in [0.05, 0.1) is 0 Å². The van der Waals surface area contributed by atoms with E-state index in [0.29, 0.717) is 6.04 Å². The lowest BCUT2D eigenvalue weighted by molar-refractivity contribution is 0.174. The molecule has 1 aromatic rings. The van der Waals surface area contributed by atoms with Gasteiger partial charge in [-0.25, -0.2) is 4.39 Å². The van der Waals surface area contributed by atoms with Crippen molar-refractivity contribution >= 4 is 0 Å². The normalized spacial score (nSPS) is 23.9. The van der Waals surface area contributed by atoms with Gasteiger partial charge in [0.1, 0.15) is 17.7 Å². The SMILES string of the molecule is CCCNC1CCCC1Oc1ccc(F)cc1. The van der Waals surface area contributed by atoms with Crippen molar-refractivity contribution in [3.05, 3.63) is 30.1 Å². The minimum absolute atomic E-state index is 0.218. The summed E-state index contributed by atoms with van der Waals surface area (Å²) in [5, 5.41) is 3.51. The fourth-order valence-electron chi connectivity index (χ4n) is 2.32. The summed E-state index contributed by atoms with van der Waals surface area (Å²) in [7, 11) is 0. The van der Waals surface area contributed by atoms with Crippen molar-refractivity contribution in [1.82, 2.24) is 5.32 Å². The summed E-state index contributed by atoms with van der Waals surface area (Å²) in [5.74, 6) is 0.547. The third kappa shape index (κ3) is 3.43. The Hall–Kier alpha value is -1.09. The van der Waals surface area contributed by atoms with Gasteiger partial charge in [0.15, 0.2) is 0 Å².